The molecule has 17 heavy (non-hydrogen) atoms. The van der Waals surface area contributed by atoms with E-state index in [9.17, 15) is 4.79 Å². The van der Waals surface area contributed by atoms with E-state index in [1.165, 1.54) is 0 Å². The van der Waals surface area contributed by atoms with Gasteiger partial charge in [0, 0.05) is 24.2 Å². The van der Waals surface area contributed by atoms with Crippen LogP contribution < -0.4 is 0 Å². The maximum absolute atomic E-state index is 10.8. The molecule has 2 aromatic rings. The Bertz CT molecular complexity index is 543. The second-order valence-electron chi connectivity index (χ2n) is 3.47. The number of carboxylic acids is 1. The van der Waals surface area contributed by atoms with E-state index in [0.717, 1.165) is 11.1 Å². The summed E-state index contributed by atoms with van der Waals surface area (Å²) >= 11 is 5.77. The lowest BCUT2D eigenvalue weighted by atomic mass is 10.0. The number of hydrogen-bond donors (Lipinski definition) is 1. The molecule has 0 atom stereocenters. The SMILES string of the molecule is O=C(O)Cc1cc(Cl)ncc1-c1ccncc1. The number of halogens is 1. The molecule has 0 spiro atoms. The largest absolute Gasteiger partial charge is 0.481 e. The van der Waals surface area contributed by atoms with Crippen LogP contribution in [-0.4, -0.2) is 21.0 Å². The molecule has 0 aliphatic carbocycles. The van der Waals surface area contributed by atoms with Gasteiger partial charge in [-0.3, -0.25) is 9.78 Å². The average Bonchev–Trinajstić information content (AvgIpc) is 2.29. The second kappa shape index (κ2) is 4.93. The first-order valence-corrected chi connectivity index (χ1v) is 5.31. The van der Waals surface area contributed by atoms with Crippen molar-refractivity contribution in [3.05, 3.63) is 47.5 Å². The first-order valence-electron chi connectivity index (χ1n) is 4.93. The topological polar surface area (TPSA) is 63.1 Å². The molecular formula is C12H9ClN2O2. The minimum atomic E-state index is -0.900. The van der Waals surface area contributed by atoms with Crippen molar-refractivity contribution in [1.29, 1.82) is 0 Å². The predicted molar refractivity (Wildman–Crippen MR) is 63.8 cm³/mol. The number of aromatic nitrogens is 2. The molecule has 0 saturated heterocycles. The van der Waals surface area contributed by atoms with Gasteiger partial charge in [0.2, 0.25) is 0 Å². The van der Waals surface area contributed by atoms with Crippen molar-refractivity contribution in [3.63, 3.8) is 0 Å². The molecule has 0 bridgehead atoms. The van der Waals surface area contributed by atoms with Gasteiger partial charge in [0.25, 0.3) is 0 Å². The zero-order chi connectivity index (χ0) is 12.3. The van der Waals surface area contributed by atoms with Crippen molar-refractivity contribution in [2.24, 2.45) is 0 Å². The van der Waals surface area contributed by atoms with Gasteiger partial charge in [-0.15, -0.1) is 0 Å². The number of hydrogen-bond acceptors (Lipinski definition) is 3. The highest BCUT2D eigenvalue weighted by Gasteiger charge is 2.10. The Labute approximate surface area is 103 Å². The van der Waals surface area contributed by atoms with E-state index in [2.05, 4.69) is 9.97 Å². The third-order valence-corrected chi connectivity index (χ3v) is 2.50. The smallest absolute Gasteiger partial charge is 0.307 e. The van der Waals surface area contributed by atoms with E-state index in [-0.39, 0.29) is 6.42 Å². The van der Waals surface area contributed by atoms with Crippen LogP contribution in [0.3, 0.4) is 0 Å². The van der Waals surface area contributed by atoms with Gasteiger partial charge in [0.15, 0.2) is 0 Å². The summed E-state index contributed by atoms with van der Waals surface area (Å²) in [7, 11) is 0. The number of pyridine rings is 2. The highest BCUT2D eigenvalue weighted by molar-refractivity contribution is 6.29. The Morgan fingerprint density at radius 2 is 2.06 bits per heavy atom. The molecule has 0 unspecified atom stereocenters. The van der Waals surface area contributed by atoms with Gasteiger partial charge in [-0.1, -0.05) is 11.6 Å². The van der Waals surface area contributed by atoms with E-state index >= 15 is 0 Å². The van der Waals surface area contributed by atoms with E-state index < -0.39 is 5.97 Å². The van der Waals surface area contributed by atoms with E-state index in [0.29, 0.717) is 10.7 Å². The summed E-state index contributed by atoms with van der Waals surface area (Å²) in [5, 5.41) is 9.14. The number of rotatable bonds is 3. The fourth-order valence-corrected chi connectivity index (χ4v) is 1.75. The molecule has 0 aliphatic heterocycles. The fraction of sp³-hybridized carbons (Fsp3) is 0.0833. The standard InChI is InChI=1S/C12H9ClN2O2/c13-11-5-9(6-12(16)17)10(7-15-11)8-1-3-14-4-2-8/h1-5,7H,6H2,(H,16,17). The third kappa shape index (κ3) is 2.79. The van der Waals surface area contributed by atoms with Crippen molar-refractivity contribution < 1.29 is 9.90 Å². The Balaban J connectivity index is 2.50. The highest BCUT2D eigenvalue weighted by atomic mass is 35.5. The molecule has 1 N–H and O–H groups in total. The van der Waals surface area contributed by atoms with E-state index in [1.807, 2.05) is 0 Å². The van der Waals surface area contributed by atoms with Crippen molar-refractivity contribution in [3.8, 4) is 11.1 Å². The average molecular weight is 249 g/mol. The monoisotopic (exact) mass is 248 g/mol. The van der Waals surface area contributed by atoms with Gasteiger partial charge in [-0.2, -0.15) is 0 Å². The zero-order valence-corrected chi connectivity index (χ0v) is 9.55. The van der Waals surface area contributed by atoms with E-state index in [1.54, 1.807) is 36.8 Å². The molecule has 0 radical (unpaired) electrons. The first kappa shape index (κ1) is 11.5. The predicted octanol–water partition coefficient (Wildman–Crippen LogP) is 2.42. The molecule has 0 aromatic carbocycles. The lowest BCUT2D eigenvalue weighted by molar-refractivity contribution is -0.136. The summed E-state index contributed by atoms with van der Waals surface area (Å²) in [6.07, 6.45) is 4.79. The summed E-state index contributed by atoms with van der Waals surface area (Å²) < 4.78 is 0. The lowest BCUT2D eigenvalue weighted by Gasteiger charge is -2.07. The van der Waals surface area contributed by atoms with Gasteiger partial charge >= 0.3 is 5.97 Å². The number of nitrogens with zero attached hydrogens (tertiary/aromatic N) is 2. The molecule has 0 saturated carbocycles. The van der Waals surface area contributed by atoms with Crippen LogP contribution in [0, 0.1) is 0 Å². The van der Waals surface area contributed by atoms with Gasteiger partial charge in [0.1, 0.15) is 5.15 Å². The Hall–Kier alpha value is -1.94. The molecule has 4 nitrogen and oxygen atoms in total. The minimum absolute atomic E-state index is 0.0834. The van der Waals surface area contributed by atoms with Crippen LogP contribution in [-0.2, 0) is 11.2 Å². The number of carbonyl (C=O) groups is 1. The van der Waals surface area contributed by atoms with Crippen molar-refractivity contribution in [2.45, 2.75) is 6.42 Å². The van der Waals surface area contributed by atoms with Gasteiger partial charge in [-0.25, -0.2) is 4.98 Å². The van der Waals surface area contributed by atoms with Gasteiger partial charge in [0.05, 0.1) is 6.42 Å². The summed E-state index contributed by atoms with van der Waals surface area (Å²) in [6, 6.07) is 5.18. The summed E-state index contributed by atoms with van der Waals surface area (Å²) in [4.78, 5) is 18.7. The maximum atomic E-state index is 10.8. The van der Waals surface area contributed by atoms with Gasteiger partial charge in [-0.05, 0) is 29.3 Å². The van der Waals surface area contributed by atoms with Crippen LogP contribution in [0.4, 0.5) is 0 Å². The molecule has 86 valence electrons. The van der Waals surface area contributed by atoms with E-state index in [4.69, 9.17) is 16.7 Å². The fourth-order valence-electron chi connectivity index (χ4n) is 1.57. The van der Waals surface area contributed by atoms with Crippen LogP contribution in [0.2, 0.25) is 5.15 Å². The summed E-state index contributed by atoms with van der Waals surface area (Å²) in [5.41, 5.74) is 2.28. The maximum Gasteiger partial charge on any atom is 0.307 e. The Kier molecular flexibility index (Phi) is 3.35. The van der Waals surface area contributed by atoms with Gasteiger partial charge < -0.3 is 5.11 Å². The second-order valence-corrected chi connectivity index (χ2v) is 3.86. The molecule has 2 heterocycles. The quantitative estimate of drug-likeness (QED) is 0.848. The zero-order valence-electron chi connectivity index (χ0n) is 8.80. The van der Waals surface area contributed by atoms with Crippen molar-refractivity contribution in [1.82, 2.24) is 9.97 Å². The summed E-state index contributed by atoms with van der Waals surface area (Å²) in [5.74, 6) is -0.900. The van der Waals surface area contributed by atoms with Crippen LogP contribution in [0.1, 0.15) is 5.56 Å². The third-order valence-electron chi connectivity index (χ3n) is 2.29. The molecule has 0 fully saturated rings. The number of aliphatic carboxylic acids is 1. The molecular weight excluding hydrogens is 240 g/mol. The minimum Gasteiger partial charge on any atom is -0.481 e. The normalized spacial score (nSPS) is 10.2. The van der Waals surface area contributed by atoms with Crippen molar-refractivity contribution in [2.75, 3.05) is 0 Å². The molecule has 2 rings (SSSR count). The number of carboxylic acid groups (broad SMARTS) is 1. The summed E-state index contributed by atoms with van der Waals surface area (Å²) in [6.45, 7) is 0. The highest BCUT2D eigenvalue weighted by Crippen LogP contribution is 2.24. The van der Waals surface area contributed by atoms with Crippen molar-refractivity contribution >= 4 is 17.6 Å². The molecule has 0 amide bonds. The Morgan fingerprint density at radius 3 is 2.71 bits per heavy atom. The Morgan fingerprint density at radius 1 is 1.35 bits per heavy atom. The van der Waals surface area contributed by atoms with Crippen LogP contribution in [0.15, 0.2) is 36.8 Å². The van der Waals surface area contributed by atoms with Crippen LogP contribution >= 0.6 is 11.6 Å². The first-order chi connectivity index (χ1) is 8.16. The van der Waals surface area contributed by atoms with Crippen LogP contribution in [0.5, 0.6) is 0 Å². The molecule has 0 aliphatic rings. The van der Waals surface area contributed by atoms with Crippen LogP contribution in [0.25, 0.3) is 11.1 Å². The lowest BCUT2D eigenvalue weighted by Crippen LogP contribution is -2.02. The molecule has 5 heteroatoms. The molecule has 2 aromatic heterocycles.